The van der Waals surface area contributed by atoms with Crippen molar-refractivity contribution >= 4 is 40.8 Å². The topological polar surface area (TPSA) is 59.4 Å². The monoisotopic (exact) mass is 255 g/mol. The van der Waals surface area contributed by atoms with Gasteiger partial charge >= 0.3 is 5.97 Å². The number of alkyl halides is 1. The summed E-state index contributed by atoms with van der Waals surface area (Å²) < 4.78 is 4.72. The second-order valence-electron chi connectivity index (χ2n) is 2.19. The molecular formula is C7H4Cl3NO3. The highest BCUT2D eigenvalue weighted by molar-refractivity contribution is 6.41. The van der Waals surface area contributed by atoms with E-state index in [1.165, 1.54) is 12.1 Å². The van der Waals surface area contributed by atoms with Gasteiger partial charge in [-0.05, 0) is 6.07 Å². The predicted octanol–water partition coefficient (Wildman–Crippen LogP) is 2.42. The van der Waals surface area contributed by atoms with Crippen molar-refractivity contribution in [3.05, 3.63) is 22.3 Å². The molecule has 0 saturated heterocycles. The Bertz CT molecular complexity index is 358. The van der Waals surface area contributed by atoms with Gasteiger partial charge in [0.2, 0.25) is 5.88 Å². The summed E-state index contributed by atoms with van der Waals surface area (Å²) in [7, 11) is 0. The zero-order valence-electron chi connectivity index (χ0n) is 6.58. The highest BCUT2D eigenvalue weighted by Gasteiger charge is 2.16. The maximum absolute atomic E-state index is 10.3. The number of carbonyl (C=O) groups is 1. The molecule has 0 aliphatic heterocycles. The summed E-state index contributed by atoms with van der Waals surface area (Å²) in [6.45, 7) is 0. The number of aromatic nitrogens is 1. The lowest BCUT2D eigenvalue weighted by Crippen LogP contribution is -2.20. The van der Waals surface area contributed by atoms with Crippen LogP contribution in [0, 0.1) is 0 Å². The largest absolute Gasteiger partial charge is 0.478 e. The van der Waals surface area contributed by atoms with E-state index in [4.69, 9.17) is 44.6 Å². The van der Waals surface area contributed by atoms with Gasteiger partial charge in [-0.3, -0.25) is 0 Å². The van der Waals surface area contributed by atoms with E-state index < -0.39 is 11.5 Å². The van der Waals surface area contributed by atoms with Crippen LogP contribution in [0.25, 0.3) is 0 Å². The van der Waals surface area contributed by atoms with Crippen LogP contribution in [0.1, 0.15) is 0 Å². The molecule has 1 heterocycles. The van der Waals surface area contributed by atoms with Crippen LogP contribution in [-0.2, 0) is 4.79 Å². The minimum atomic E-state index is -1.50. The standard InChI is InChI=1S/C7H4Cl3NO3/c8-3-1-2-4(11-5(3)9)14-6(10)7(12)13/h1-2,6H,(H,12,13). The normalized spacial score (nSPS) is 12.2. The van der Waals surface area contributed by atoms with Gasteiger partial charge in [0.1, 0.15) is 0 Å². The number of carboxylic acid groups (broad SMARTS) is 1. The fourth-order valence-electron chi connectivity index (χ4n) is 0.623. The van der Waals surface area contributed by atoms with Crippen LogP contribution in [0.15, 0.2) is 12.1 Å². The van der Waals surface area contributed by atoms with E-state index in [1.54, 1.807) is 0 Å². The van der Waals surface area contributed by atoms with Gasteiger partial charge in [-0.1, -0.05) is 34.8 Å². The van der Waals surface area contributed by atoms with Crippen LogP contribution in [0.4, 0.5) is 0 Å². The number of hydrogen-bond donors (Lipinski definition) is 1. The Hall–Kier alpha value is -0.710. The quantitative estimate of drug-likeness (QED) is 0.666. The molecule has 0 aliphatic rings. The molecule has 76 valence electrons. The Morgan fingerprint density at radius 3 is 2.64 bits per heavy atom. The molecule has 1 unspecified atom stereocenters. The van der Waals surface area contributed by atoms with Crippen molar-refractivity contribution in [1.29, 1.82) is 0 Å². The summed E-state index contributed by atoms with van der Waals surface area (Å²) in [5.74, 6) is -1.30. The number of aliphatic carboxylic acids is 1. The van der Waals surface area contributed by atoms with Crippen molar-refractivity contribution in [3.63, 3.8) is 0 Å². The van der Waals surface area contributed by atoms with E-state index in [0.29, 0.717) is 0 Å². The van der Waals surface area contributed by atoms with Gasteiger partial charge in [-0.15, -0.1) is 0 Å². The minimum absolute atomic E-state index is 0.00167. The summed E-state index contributed by atoms with van der Waals surface area (Å²) in [6.07, 6.45) is 0. The van der Waals surface area contributed by atoms with Gasteiger partial charge < -0.3 is 9.84 Å². The second kappa shape index (κ2) is 4.68. The molecule has 0 amide bonds. The van der Waals surface area contributed by atoms with Gasteiger partial charge in [0.05, 0.1) is 5.02 Å². The van der Waals surface area contributed by atoms with E-state index in [9.17, 15) is 4.79 Å². The fraction of sp³-hybridized carbons (Fsp3) is 0.143. The summed E-state index contributed by atoms with van der Waals surface area (Å²) in [5, 5.41) is 8.70. The number of halogens is 3. The Morgan fingerprint density at radius 1 is 1.50 bits per heavy atom. The third-order valence-electron chi connectivity index (χ3n) is 1.20. The van der Waals surface area contributed by atoms with Gasteiger partial charge in [-0.2, -0.15) is 4.98 Å². The first-order valence-corrected chi connectivity index (χ1v) is 4.55. The van der Waals surface area contributed by atoms with Gasteiger partial charge in [0.25, 0.3) is 5.56 Å². The van der Waals surface area contributed by atoms with Crippen LogP contribution in [-0.4, -0.2) is 21.6 Å². The molecule has 0 aromatic carbocycles. The van der Waals surface area contributed by atoms with Crippen LogP contribution < -0.4 is 4.74 Å². The Labute approximate surface area is 94.4 Å². The Morgan fingerprint density at radius 2 is 2.14 bits per heavy atom. The van der Waals surface area contributed by atoms with Gasteiger partial charge in [-0.25, -0.2) is 4.79 Å². The van der Waals surface area contributed by atoms with Crippen molar-refractivity contribution in [2.45, 2.75) is 5.56 Å². The van der Waals surface area contributed by atoms with Crippen LogP contribution >= 0.6 is 34.8 Å². The van der Waals surface area contributed by atoms with Crippen LogP contribution in [0.3, 0.4) is 0 Å². The van der Waals surface area contributed by atoms with Crippen LogP contribution in [0.2, 0.25) is 10.2 Å². The molecule has 0 spiro atoms. The molecule has 0 fully saturated rings. The molecule has 0 bridgehead atoms. The molecule has 0 radical (unpaired) electrons. The summed E-state index contributed by atoms with van der Waals surface area (Å²) in [4.78, 5) is 14.0. The number of carboxylic acids is 1. The van der Waals surface area contributed by atoms with Crippen LogP contribution in [0.5, 0.6) is 5.88 Å². The molecule has 1 atom stereocenters. The number of pyridine rings is 1. The highest BCUT2D eigenvalue weighted by Crippen LogP contribution is 2.23. The maximum Gasteiger partial charge on any atom is 0.361 e. The van der Waals surface area contributed by atoms with Crippen molar-refractivity contribution < 1.29 is 14.6 Å². The summed E-state index contributed by atoms with van der Waals surface area (Å²) in [6, 6.07) is 2.80. The molecule has 1 N–H and O–H groups in total. The summed E-state index contributed by atoms with van der Waals surface area (Å²) in [5.41, 5.74) is -1.50. The minimum Gasteiger partial charge on any atom is -0.478 e. The molecular weight excluding hydrogens is 252 g/mol. The number of nitrogens with zero attached hydrogens (tertiary/aromatic N) is 1. The lowest BCUT2D eigenvalue weighted by molar-refractivity contribution is -0.141. The average molecular weight is 256 g/mol. The third kappa shape index (κ3) is 2.90. The number of hydrogen-bond acceptors (Lipinski definition) is 3. The Balaban J connectivity index is 2.78. The van der Waals surface area contributed by atoms with Crippen molar-refractivity contribution in [1.82, 2.24) is 4.98 Å². The lowest BCUT2D eigenvalue weighted by atomic mass is 10.5. The van der Waals surface area contributed by atoms with E-state index in [2.05, 4.69) is 4.98 Å². The lowest BCUT2D eigenvalue weighted by Gasteiger charge is -2.07. The predicted molar refractivity (Wildman–Crippen MR) is 52.2 cm³/mol. The smallest absolute Gasteiger partial charge is 0.361 e. The molecule has 4 nitrogen and oxygen atoms in total. The molecule has 1 aromatic heterocycles. The molecule has 1 rings (SSSR count). The van der Waals surface area contributed by atoms with Gasteiger partial charge in [0.15, 0.2) is 5.15 Å². The van der Waals surface area contributed by atoms with E-state index in [1.807, 2.05) is 0 Å². The number of ether oxygens (including phenoxy) is 1. The van der Waals surface area contributed by atoms with Crippen molar-refractivity contribution in [2.24, 2.45) is 0 Å². The van der Waals surface area contributed by atoms with Gasteiger partial charge in [0, 0.05) is 6.07 Å². The molecule has 0 saturated carbocycles. The maximum atomic E-state index is 10.3. The molecule has 7 heteroatoms. The number of rotatable bonds is 3. The first kappa shape index (κ1) is 11.4. The van der Waals surface area contributed by atoms with Crippen molar-refractivity contribution in [2.75, 3.05) is 0 Å². The third-order valence-corrected chi connectivity index (χ3v) is 2.16. The average Bonchev–Trinajstić information content (AvgIpc) is 2.11. The molecule has 14 heavy (non-hydrogen) atoms. The zero-order valence-corrected chi connectivity index (χ0v) is 8.84. The van der Waals surface area contributed by atoms with E-state index in [-0.39, 0.29) is 16.1 Å². The van der Waals surface area contributed by atoms with E-state index in [0.717, 1.165) is 0 Å². The first-order chi connectivity index (χ1) is 6.50. The Kier molecular flexibility index (Phi) is 3.80. The van der Waals surface area contributed by atoms with E-state index >= 15 is 0 Å². The molecule has 1 aromatic rings. The first-order valence-electron chi connectivity index (χ1n) is 3.36. The highest BCUT2D eigenvalue weighted by atomic mass is 35.5. The fourth-order valence-corrected chi connectivity index (χ4v) is 0.966. The van der Waals surface area contributed by atoms with Crippen molar-refractivity contribution in [3.8, 4) is 5.88 Å². The molecule has 0 aliphatic carbocycles. The SMILES string of the molecule is O=C(O)C(Cl)Oc1ccc(Cl)c(Cl)n1. The summed E-state index contributed by atoms with van der Waals surface area (Å²) >= 11 is 16.4. The second-order valence-corrected chi connectivity index (χ2v) is 3.36. The zero-order chi connectivity index (χ0) is 10.7.